The Morgan fingerprint density at radius 1 is 1.14 bits per heavy atom. The van der Waals surface area contributed by atoms with E-state index in [0.717, 1.165) is 5.56 Å². The van der Waals surface area contributed by atoms with E-state index in [1.807, 2.05) is 13.0 Å². The Kier molecular flexibility index (Phi) is 5.93. The van der Waals surface area contributed by atoms with Crippen molar-refractivity contribution < 1.29 is 9.13 Å². The molecule has 0 saturated carbocycles. The minimum Gasteiger partial charge on any atom is -0.493 e. The van der Waals surface area contributed by atoms with Gasteiger partial charge in [0, 0.05) is 0 Å². The lowest BCUT2D eigenvalue weighted by molar-refractivity contribution is 0.382. The largest absolute Gasteiger partial charge is 0.493 e. The van der Waals surface area contributed by atoms with E-state index >= 15 is 0 Å². The van der Waals surface area contributed by atoms with Crippen molar-refractivity contribution in [3.63, 3.8) is 0 Å². The van der Waals surface area contributed by atoms with Gasteiger partial charge in [-0.2, -0.15) is 0 Å². The van der Waals surface area contributed by atoms with Gasteiger partial charge in [-0.25, -0.2) is 4.39 Å². The number of benzene rings is 1. The summed E-state index contributed by atoms with van der Waals surface area (Å²) in [6.07, 6.45) is 1.25. The number of aryl methyl sites for hydroxylation is 2. The lowest BCUT2D eigenvalue weighted by Crippen LogP contribution is -1.93. The van der Waals surface area contributed by atoms with Crippen LogP contribution in [0, 0.1) is 19.7 Å². The van der Waals surface area contributed by atoms with Gasteiger partial charge in [0.05, 0.1) is 7.11 Å². The van der Waals surface area contributed by atoms with Crippen LogP contribution in [0.3, 0.4) is 0 Å². The van der Waals surface area contributed by atoms with Crippen molar-refractivity contribution in [2.24, 2.45) is 0 Å². The summed E-state index contributed by atoms with van der Waals surface area (Å²) < 4.78 is 18.0. The second kappa shape index (κ2) is 6.41. The zero-order chi connectivity index (χ0) is 11.1. The molecule has 0 aromatic heterocycles. The van der Waals surface area contributed by atoms with E-state index in [9.17, 15) is 4.39 Å². The molecule has 0 atom stereocenters. The van der Waals surface area contributed by atoms with E-state index in [4.69, 9.17) is 4.74 Å². The van der Waals surface area contributed by atoms with Gasteiger partial charge in [0.1, 0.15) is 0 Å². The van der Waals surface area contributed by atoms with E-state index in [2.05, 4.69) is 13.8 Å². The summed E-state index contributed by atoms with van der Waals surface area (Å²) in [5.41, 5.74) is 1.45. The predicted octanol–water partition coefficient (Wildman–Crippen LogP) is 3.87. The third-order valence-corrected chi connectivity index (χ3v) is 1.69. The first-order chi connectivity index (χ1) is 6.58. The fourth-order valence-corrected chi connectivity index (χ4v) is 1.00. The molecule has 0 unspecified atom stereocenters. The molecule has 0 bridgehead atoms. The molecule has 0 N–H and O–H groups in total. The molecule has 2 heteroatoms. The highest BCUT2D eigenvalue weighted by atomic mass is 19.1. The molecule has 1 aromatic carbocycles. The lowest BCUT2D eigenvalue weighted by atomic mass is 10.1. The molecule has 1 rings (SSSR count). The quantitative estimate of drug-likeness (QED) is 0.665. The Morgan fingerprint density at radius 3 is 1.93 bits per heavy atom. The third-order valence-electron chi connectivity index (χ3n) is 1.69. The summed E-state index contributed by atoms with van der Waals surface area (Å²) in [6.45, 7) is 7.79. The van der Waals surface area contributed by atoms with Gasteiger partial charge in [-0.3, -0.25) is 0 Å². The minimum atomic E-state index is -0.257. The van der Waals surface area contributed by atoms with Crippen molar-refractivity contribution in [1.29, 1.82) is 0 Å². The van der Waals surface area contributed by atoms with Gasteiger partial charge < -0.3 is 4.74 Å². The van der Waals surface area contributed by atoms with Gasteiger partial charge >= 0.3 is 0 Å². The molecule has 1 nitrogen and oxygen atoms in total. The van der Waals surface area contributed by atoms with Crippen molar-refractivity contribution in [3.05, 3.63) is 29.1 Å². The number of methoxy groups -OCH3 is 1. The number of hydrogen-bond donors (Lipinski definition) is 0. The predicted molar refractivity (Wildman–Crippen MR) is 58.4 cm³/mol. The molecule has 0 spiro atoms. The molecule has 80 valence electrons. The highest BCUT2D eigenvalue weighted by molar-refractivity contribution is 5.37. The first kappa shape index (κ1) is 12.9. The van der Waals surface area contributed by atoms with Gasteiger partial charge in [0.2, 0.25) is 0 Å². The van der Waals surface area contributed by atoms with Crippen LogP contribution < -0.4 is 4.74 Å². The molecule has 0 amide bonds. The number of rotatable bonds is 1. The Hall–Kier alpha value is -1.05. The monoisotopic (exact) mass is 198 g/mol. The molecule has 0 aliphatic heterocycles. The van der Waals surface area contributed by atoms with Crippen molar-refractivity contribution in [1.82, 2.24) is 0 Å². The maximum atomic E-state index is 13.1. The number of hydrogen-bond acceptors (Lipinski definition) is 1. The standard InChI is InChI=1S/C9H11FO.C3H8/c1-6-4-5-7(2)9(11-3)8(6)10;1-3-2/h4-5H,1-3H3;3H2,1-2H3. The second-order valence-corrected chi connectivity index (χ2v) is 3.25. The first-order valence-corrected chi connectivity index (χ1v) is 4.88. The number of halogens is 1. The SMILES string of the molecule is CCC.COc1c(C)ccc(C)c1F. The van der Waals surface area contributed by atoms with E-state index in [0.29, 0.717) is 11.3 Å². The molecular formula is C12H19FO. The fourth-order valence-electron chi connectivity index (χ4n) is 1.00. The zero-order valence-corrected chi connectivity index (χ0v) is 9.65. The Labute approximate surface area is 85.9 Å². The average molecular weight is 198 g/mol. The van der Waals surface area contributed by atoms with E-state index in [1.165, 1.54) is 13.5 Å². The van der Waals surface area contributed by atoms with Crippen molar-refractivity contribution in [3.8, 4) is 5.75 Å². The fraction of sp³-hybridized carbons (Fsp3) is 0.500. The van der Waals surface area contributed by atoms with E-state index in [-0.39, 0.29) is 5.82 Å². The van der Waals surface area contributed by atoms with Crippen LogP contribution in [0.15, 0.2) is 12.1 Å². The summed E-state index contributed by atoms with van der Waals surface area (Å²) in [5.74, 6) is 0.0949. The van der Waals surface area contributed by atoms with Crippen molar-refractivity contribution in [2.75, 3.05) is 7.11 Å². The van der Waals surface area contributed by atoms with Gasteiger partial charge in [-0.1, -0.05) is 32.4 Å². The van der Waals surface area contributed by atoms with Gasteiger partial charge in [-0.05, 0) is 25.0 Å². The van der Waals surface area contributed by atoms with Crippen LogP contribution in [-0.4, -0.2) is 7.11 Å². The summed E-state index contributed by atoms with van der Waals surface area (Å²) in [6, 6.07) is 3.59. The summed E-state index contributed by atoms with van der Waals surface area (Å²) >= 11 is 0. The van der Waals surface area contributed by atoms with Crippen molar-refractivity contribution in [2.45, 2.75) is 34.1 Å². The van der Waals surface area contributed by atoms with Crippen LogP contribution in [0.1, 0.15) is 31.4 Å². The molecule has 0 aliphatic carbocycles. The normalized spacial score (nSPS) is 9.00. The highest BCUT2D eigenvalue weighted by Crippen LogP contribution is 2.23. The molecule has 0 aliphatic rings. The zero-order valence-electron chi connectivity index (χ0n) is 9.65. The van der Waals surface area contributed by atoms with Crippen LogP contribution in [0.25, 0.3) is 0 Å². The third kappa shape index (κ3) is 3.36. The maximum absolute atomic E-state index is 13.1. The Balaban J connectivity index is 0.000000500. The molecule has 0 saturated heterocycles. The highest BCUT2D eigenvalue weighted by Gasteiger charge is 2.07. The number of ether oxygens (including phenoxy) is 1. The van der Waals surface area contributed by atoms with Crippen LogP contribution in [0.5, 0.6) is 5.75 Å². The van der Waals surface area contributed by atoms with Crippen LogP contribution >= 0.6 is 0 Å². The summed E-state index contributed by atoms with van der Waals surface area (Å²) in [4.78, 5) is 0. The maximum Gasteiger partial charge on any atom is 0.168 e. The van der Waals surface area contributed by atoms with E-state index < -0.39 is 0 Å². The first-order valence-electron chi connectivity index (χ1n) is 4.88. The average Bonchev–Trinajstić information content (AvgIpc) is 2.14. The molecular weight excluding hydrogens is 179 g/mol. The molecule has 0 heterocycles. The molecule has 1 aromatic rings. The van der Waals surface area contributed by atoms with Crippen LogP contribution in [0.2, 0.25) is 0 Å². The Bertz CT molecular complexity index is 282. The molecule has 0 radical (unpaired) electrons. The lowest BCUT2D eigenvalue weighted by Gasteiger charge is -2.06. The van der Waals surface area contributed by atoms with Gasteiger partial charge in [-0.15, -0.1) is 0 Å². The summed E-state index contributed by atoms with van der Waals surface area (Å²) in [7, 11) is 1.48. The summed E-state index contributed by atoms with van der Waals surface area (Å²) in [5, 5.41) is 0. The topological polar surface area (TPSA) is 9.23 Å². The molecule has 14 heavy (non-hydrogen) atoms. The van der Waals surface area contributed by atoms with Crippen LogP contribution in [-0.2, 0) is 0 Å². The van der Waals surface area contributed by atoms with Crippen LogP contribution in [0.4, 0.5) is 4.39 Å². The van der Waals surface area contributed by atoms with Gasteiger partial charge in [0.15, 0.2) is 11.6 Å². The Morgan fingerprint density at radius 2 is 1.57 bits per heavy atom. The van der Waals surface area contributed by atoms with Crippen molar-refractivity contribution >= 4 is 0 Å². The molecule has 0 fully saturated rings. The van der Waals surface area contributed by atoms with Gasteiger partial charge in [0.25, 0.3) is 0 Å². The smallest absolute Gasteiger partial charge is 0.168 e. The van der Waals surface area contributed by atoms with E-state index in [1.54, 1.807) is 13.0 Å². The second-order valence-electron chi connectivity index (χ2n) is 3.25. The minimum absolute atomic E-state index is 0.257.